The highest BCUT2D eigenvalue weighted by Gasteiger charge is 2.45. The molecule has 0 aromatic heterocycles. The Morgan fingerprint density at radius 1 is 1.17 bits per heavy atom. The molecular weight excluding hydrogens is 392 g/mol. The highest BCUT2D eigenvalue weighted by atomic mass is 16.4. The molecule has 1 unspecified atom stereocenters. The second-order valence-electron chi connectivity index (χ2n) is 7.84. The molecule has 1 aromatic rings. The molecule has 3 aliphatic rings. The van der Waals surface area contributed by atoms with Crippen molar-refractivity contribution in [3.8, 4) is 0 Å². The summed E-state index contributed by atoms with van der Waals surface area (Å²) in [6.07, 6.45) is 1.00. The molecule has 4 rings (SSSR count). The number of carboxylic acids is 1. The summed E-state index contributed by atoms with van der Waals surface area (Å²) in [7, 11) is 0. The fourth-order valence-electron chi connectivity index (χ4n) is 4.25. The zero-order valence-corrected chi connectivity index (χ0v) is 16.2. The molecule has 2 saturated heterocycles. The van der Waals surface area contributed by atoms with Crippen molar-refractivity contribution in [1.29, 1.82) is 0 Å². The number of piperidine rings is 1. The number of fused-ring (bicyclic) bond motifs is 1. The molecule has 1 atom stereocenters. The van der Waals surface area contributed by atoms with E-state index in [0.717, 1.165) is 24.4 Å². The number of anilines is 1. The predicted octanol–water partition coefficient (Wildman–Crippen LogP) is -0.0938. The number of hydrogen-bond acceptors (Lipinski definition) is 7. The fraction of sp³-hybridized carbons (Fsp3) is 0.450. The van der Waals surface area contributed by atoms with Crippen LogP contribution in [0.15, 0.2) is 18.2 Å². The highest BCUT2D eigenvalue weighted by Crippen LogP contribution is 2.32. The van der Waals surface area contributed by atoms with E-state index < -0.39 is 35.6 Å². The lowest BCUT2D eigenvalue weighted by Crippen LogP contribution is -2.54. The summed E-state index contributed by atoms with van der Waals surface area (Å²) in [6, 6.07) is 3.97. The van der Waals surface area contributed by atoms with Crippen molar-refractivity contribution in [1.82, 2.24) is 15.1 Å². The Morgan fingerprint density at radius 3 is 2.63 bits per heavy atom. The first-order valence-electron chi connectivity index (χ1n) is 9.87. The van der Waals surface area contributed by atoms with Gasteiger partial charge in [-0.3, -0.25) is 39.1 Å². The fourth-order valence-corrected chi connectivity index (χ4v) is 4.25. The Balaban J connectivity index is 1.40. The molecule has 1 aromatic carbocycles. The van der Waals surface area contributed by atoms with E-state index in [1.165, 1.54) is 0 Å². The van der Waals surface area contributed by atoms with Gasteiger partial charge in [0.25, 0.3) is 11.8 Å². The van der Waals surface area contributed by atoms with E-state index in [1.807, 2.05) is 4.90 Å². The zero-order valence-electron chi connectivity index (χ0n) is 16.2. The van der Waals surface area contributed by atoms with Crippen LogP contribution in [-0.2, 0) is 14.4 Å². The third kappa shape index (κ3) is 3.65. The molecule has 0 saturated carbocycles. The molecule has 2 fully saturated rings. The van der Waals surface area contributed by atoms with Gasteiger partial charge in [0, 0.05) is 31.7 Å². The van der Waals surface area contributed by atoms with Crippen LogP contribution in [0.4, 0.5) is 5.69 Å². The van der Waals surface area contributed by atoms with Gasteiger partial charge in [0.1, 0.15) is 6.04 Å². The van der Waals surface area contributed by atoms with Crippen molar-refractivity contribution in [2.75, 3.05) is 31.5 Å². The summed E-state index contributed by atoms with van der Waals surface area (Å²) < 4.78 is 0. The van der Waals surface area contributed by atoms with Gasteiger partial charge in [0.05, 0.1) is 17.7 Å². The number of nitrogens with one attached hydrogen (secondary N) is 2. The van der Waals surface area contributed by atoms with Crippen molar-refractivity contribution >= 4 is 35.3 Å². The monoisotopic (exact) mass is 414 g/mol. The SMILES string of the molecule is O=C(O)CN1CC(CCNc2cccc3c2C(=O)N(C2CCC(=O)NC2=O)C3=O)C1. The van der Waals surface area contributed by atoms with Crippen molar-refractivity contribution < 1.29 is 29.1 Å². The third-order valence-electron chi connectivity index (χ3n) is 5.73. The van der Waals surface area contributed by atoms with Gasteiger partial charge < -0.3 is 10.4 Å². The van der Waals surface area contributed by atoms with Crippen molar-refractivity contribution in [2.45, 2.75) is 25.3 Å². The number of benzene rings is 1. The van der Waals surface area contributed by atoms with Crippen LogP contribution in [0.2, 0.25) is 0 Å². The molecule has 4 amide bonds. The van der Waals surface area contributed by atoms with Crippen LogP contribution < -0.4 is 10.6 Å². The first kappa shape index (κ1) is 20.0. The summed E-state index contributed by atoms with van der Waals surface area (Å²) in [5, 5.41) is 14.2. The van der Waals surface area contributed by atoms with E-state index >= 15 is 0 Å². The molecule has 0 spiro atoms. The van der Waals surface area contributed by atoms with E-state index in [9.17, 15) is 24.0 Å². The summed E-state index contributed by atoms with van der Waals surface area (Å²) in [5.74, 6) is -2.57. The summed E-state index contributed by atoms with van der Waals surface area (Å²) in [6.45, 7) is 2.06. The minimum absolute atomic E-state index is 0.0446. The van der Waals surface area contributed by atoms with Gasteiger partial charge in [0.2, 0.25) is 11.8 Å². The maximum atomic E-state index is 13.0. The number of nitrogens with zero attached hydrogens (tertiary/aromatic N) is 2. The number of carbonyl (C=O) groups is 5. The normalized spacial score (nSPS) is 22.0. The number of hydrogen-bond donors (Lipinski definition) is 3. The Hall–Kier alpha value is -3.27. The van der Waals surface area contributed by atoms with E-state index in [0.29, 0.717) is 18.2 Å². The number of carbonyl (C=O) groups excluding carboxylic acids is 4. The second-order valence-corrected chi connectivity index (χ2v) is 7.84. The zero-order chi connectivity index (χ0) is 21.4. The van der Waals surface area contributed by atoms with Crippen molar-refractivity contribution in [3.63, 3.8) is 0 Å². The smallest absolute Gasteiger partial charge is 0.317 e. The Labute approximate surface area is 172 Å². The second kappa shape index (κ2) is 7.86. The maximum absolute atomic E-state index is 13.0. The van der Waals surface area contributed by atoms with Crippen LogP contribution in [0.25, 0.3) is 0 Å². The Morgan fingerprint density at radius 2 is 1.93 bits per heavy atom. The Kier molecular flexibility index (Phi) is 5.25. The maximum Gasteiger partial charge on any atom is 0.317 e. The topological polar surface area (TPSA) is 136 Å². The Bertz CT molecular complexity index is 939. The van der Waals surface area contributed by atoms with Crippen molar-refractivity contribution in [3.05, 3.63) is 29.3 Å². The first-order chi connectivity index (χ1) is 14.3. The number of amides is 4. The molecule has 30 heavy (non-hydrogen) atoms. The summed E-state index contributed by atoms with van der Waals surface area (Å²) in [4.78, 5) is 62.9. The molecule has 0 radical (unpaired) electrons. The molecule has 3 N–H and O–H groups in total. The molecular formula is C20H22N4O6. The van der Waals surface area contributed by atoms with E-state index in [-0.39, 0.29) is 30.5 Å². The van der Waals surface area contributed by atoms with E-state index in [1.54, 1.807) is 18.2 Å². The first-order valence-corrected chi connectivity index (χ1v) is 9.87. The van der Waals surface area contributed by atoms with Crippen LogP contribution in [-0.4, -0.2) is 76.7 Å². The van der Waals surface area contributed by atoms with Crippen LogP contribution in [0, 0.1) is 5.92 Å². The molecule has 0 bridgehead atoms. The van der Waals surface area contributed by atoms with Gasteiger partial charge in [-0.15, -0.1) is 0 Å². The molecule has 158 valence electrons. The average molecular weight is 414 g/mol. The lowest BCUT2D eigenvalue weighted by molar-refractivity contribution is -0.140. The van der Waals surface area contributed by atoms with Crippen LogP contribution >= 0.6 is 0 Å². The number of likely N-dealkylation sites (tertiary alicyclic amines) is 1. The van der Waals surface area contributed by atoms with Gasteiger partial charge in [-0.1, -0.05) is 6.07 Å². The quantitative estimate of drug-likeness (QED) is 0.527. The third-order valence-corrected chi connectivity index (χ3v) is 5.73. The van der Waals surface area contributed by atoms with Gasteiger partial charge in [-0.25, -0.2) is 0 Å². The van der Waals surface area contributed by atoms with Gasteiger partial charge >= 0.3 is 5.97 Å². The number of imide groups is 2. The van der Waals surface area contributed by atoms with Gasteiger partial charge in [-0.2, -0.15) is 0 Å². The summed E-state index contributed by atoms with van der Waals surface area (Å²) in [5.41, 5.74) is 1.02. The van der Waals surface area contributed by atoms with Gasteiger partial charge in [-0.05, 0) is 30.9 Å². The number of carboxylic acid groups (broad SMARTS) is 1. The minimum Gasteiger partial charge on any atom is -0.480 e. The lowest BCUT2D eigenvalue weighted by Gasteiger charge is -2.38. The standard InChI is InChI=1S/C20H22N4O6/c25-15-5-4-14(18(28)22-15)24-19(29)12-2-1-3-13(17(12)20(24)30)21-7-6-11-8-23(9-11)10-16(26)27/h1-3,11,14,21H,4-10H2,(H,26,27)(H,22,25,28). The number of aliphatic carboxylic acids is 1. The van der Waals surface area contributed by atoms with E-state index in [2.05, 4.69) is 10.6 Å². The average Bonchev–Trinajstić information content (AvgIpc) is 2.91. The summed E-state index contributed by atoms with van der Waals surface area (Å²) >= 11 is 0. The van der Waals surface area contributed by atoms with E-state index in [4.69, 9.17) is 5.11 Å². The van der Waals surface area contributed by atoms with Gasteiger partial charge in [0.15, 0.2) is 0 Å². The van der Waals surface area contributed by atoms with Crippen LogP contribution in [0.3, 0.4) is 0 Å². The molecule has 0 aliphatic carbocycles. The molecule has 10 heteroatoms. The molecule has 10 nitrogen and oxygen atoms in total. The minimum atomic E-state index is -0.988. The predicted molar refractivity (Wildman–Crippen MR) is 104 cm³/mol. The highest BCUT2D eigenvalue weighted by molar-refractivity contribution is 6.25. The van der Waals surface area contributed by atoms with Crippen molar-refractivity contribution in [2.24, 2.45) is 5.92 Å². The number of rotatable bonds is 7. The van der Waals surface area contributed by atoms with Crippen LogP contribution in [0.5, 0.6) is 0 Å². The molecule has 3 heterocycles. The lowest BCUT2D eigenvalue weighted by atomic mass is 9.96. The molecule has 3 aliphatic heterocycles. The largest absolute Gasteiger partial charge is 0.480 e. The van der Waals surface area contributed by atoms with Crippen LogP contribution in [0.1, 0.15) is 40.0 Å².